The summed E-state index contributed by atoms with van der Waals surface area (Å²) in [5.41, 5.74) is 3.29. The molecule has 0 bridgehead atoms. The predicted molar refractivity (Wildman–Crippen MR) is 115 cm³/mol. The highest BCUT2D eigenvalue weighted by molar-refractivity contribution is 5.73. The van der Waals surface area contributed by atoms with E-state index in [2.05, 4.69) is 17.2 Å². The van der Waals surface area contributed by atoms with Crippen molar-refractivity contribution in [2.45, 2.75) is 52.0 Å². The molecular formula is C22H27N5O3. The second kappa shape index (κ2) is 7.34. The normalized spacial score (nSPS) is 20.6. The Bertz CT molecular complexity index is 1160. The van der Waals surface area contributed by atoms with Gasteiger partial charge < -0.3 is 14.8 Å². The fourth-order valence-corrected chi connectivity index (χ4v) is 4.63. The number of nitrogens with zero attached hydrogens (tertiary/aromatic N) is 4. The first-order valence-corrected chi connectivity index (χ1v) is 10.7. The summed E-state index contributed by atoms with van der Waals surface area (Å²) in [5, 5.41) is 3.29. The maximum atomic E-state index is 13.0. The SMILES string of the molecule is CCC1CCC(n2c(=O)n(C)c3cnc(Nc4cc5c(cc4C)OCO5)nc32)CC1. The molecule has 2 aromatic heterocycles. The van der Waals surface area contributed by atoms with Crippen molar-refractivity contribution in [1.29, 1.82) is 0 Å². The highest BCUT2D eigenvalue weighted by Crippen LogP contribution is 2.38. The molecule has 8 heteroatoms. The lowest BCUT2D eigenvalue weighted by atomic mass is 9.84. The molecule has 158 valence electrons. The van der Waals surface area contributed by atoms with Gasteiger partial charge in [0.2, 0.25) is 12.7 Å². The summed E-state index contributed by atoms with van der Waals surface area (Å²) < 4.78 is 14.4. The molecule has 0 amide bonds. The highest BCUT2D eigenvalue weighted by atomic mass is 16.7. The molecule has 30 heavy (non-hydrogen) atoms. The zero-order valence-corrected chi connectivity index (χ0v) is 17.6. The Labute approximate surface area is 174 Å². The Kier molecular flexibility index (Phi) is 4.64. The van der Waals surface area contributed by atoms with Crippen molar-refractivity contribution >= 4 is 22.8 Å². The van der Waals surface area contributed by atoms with Gasteiger partial charge in [0.25, 0.3) is 0 Å². The Morgan fingerprint density at radius 3 is 2.63 bits per heavy atom. The van der Waals surface area contributed by atoms with Gasteiger partial charge in [-0.25, -0.2) is 9.78 Å². The van der Waals surface area contributed by atoms with E-state index >= 15 is 0 Å². The van der Waals surface area contributed by atoms with Crippen LogP contribution in [0.15, 0.2) is 23.1 Å². The number of hydrogen-bond donors (Lipinski definition) is 1. The average Bonchev–Trinajstić information content (AvgIpc) is 3.30. The molecular weight excluding hydrogens is 382 g/mol. The van der Waals surface area contributed by atoms with Gasteiger partial charge in [0.1, 0.15) is 5.52 Å². The van der Waals surface area contributed by atoms with Gasteiger partial charge in [-0.15, -0.1) is 0 Å². The van der Waals surface area contributed by atoms with E-state index in [0.29, 0.717) is 17.3 Å². The monoisotopic (exact) mass is 409 g/mol. The second-order valence-corrected chi connectivity index (χ2v) is 8.34. The molecule has 1 N–H and O–H groups in total. The fourth-order valence-electron chi connectivity index (χ4n) is 4.63. The van der Waals surface area contributed by atoms with Crippen LogP contribution in [0, 0.1) is 12.8 Å². The van der Waals surface area contributed by atoms with E-state index in [1.165, 1.54) is 6.42 Å². The van der Waals surface area contributed by atoms with Crippen LogP contribution in [0.2, 0.25) is 0 Å². The zero-order chi connectivity index (χ0) is 20.8. The number of hydrogen-bond acceptors (Lipinski definition) is 6. The van der Waals surface area contributed by atoms with Crippen LogP contribution in [0.1, 0.15) is 50.6 Å². The summed E-state index contributed by atoms with van der Waals surface area (Å²) in [6.07, 6.45) is 7.30. The van der Waals surface area contributed by atoms with E-state index in [0.717, 1.165) is 54.1 Å². The van der Waals surface area contributed by atoms with Crippen LogP contribution in [0.5, 0.6) is 11.5 Å². The maximum Gasteiger partial charge on any atom is 0.330 e. The molecule has 0 saturated heterocycles. The van der Waals surface area contributed by atoms with E-state index in [4.69, 9.17) is 14.5 Å². The Hall–Kier alpha value is -3.03. The van der Waals surface area contributed by atoms with Crippen LogP contribution in [0.25, 0.3) is 11.2 Å². The van der Waals surface area contributed by atoms with Crippen LogP contribution in [-0.4, -0.2) is 25.9 Å². The van der Waals surface area contributed by atoms with Crippen molar-refractivity contribution < 1.29 is 9.47 Å². The molecule has 0 unspecified atom stereocenters. The van der Waals surface area contributed by atoms with Gasteiger partial charge in [0.05, 0.1) is 6.20 Å². The lowest BCUT2D eigenvalue weighted by Gasteiger charge is -2.28. The van der Waals surface area contributed by atoms with Gasteiger partial charge in [-0.1, -0.05) is 13.3 Å². The Balaban J connectivity index is 1.51. The highest BCUT2D eigenvalue weighted by Gasteiger charge is 2.26. The number of nitrogens with one attached hydrogen (secondary N) is 1. The molecule has 0 atom stereocenters. The number of ether oxygens (including phenoxy) is 2. The minimum Gasteiger partial charge on any atom is -0.454 e. The summed E-state index contributed by atoms with van der Waals surface area (Å²) in [7, 11) is 1.79. The van der Waals surface area contributed by atoms with E-state index in [1.807, 2.05) is 23.6 Å². The van der Waals surface area contributed by atoms with E-state index in [1.54, 1.807) is 17.8 Å². The number of anilines is 2. The van der Waals surface area contributed by atoms with Crippen molar-refractivity contribution in [2.24, 2.45) is 13.0 Å². The molecule has 3 heterocycles. The van der Waals surface area contributed by atoms with Crippen molar-refractivity contribution in [3.05, 3.63) is 34.4 Å². The third-order valence-corrected chi connectivity index (χ3v) is 6.56. The fraction of sp³-hybridized carbons (Fsp3) is 0.500. The molecule has 2 aliphatic rings. The average molecular weight is 409 g/mol. The first-order chi connectivity index (χ1) is 14.5. The van der Waals surface area contributed by atoms with Gasteiger partial charge in [-0.05, 0) is 50.2 Å². The Morgan fingerprint density at radius 1 is 1.17 bits per heavy atom. The van der Waals surface area contributed by atoms with Crippen molar-refractivity contribution in [2.75, 3.05) is 12.1 Å². The van der Waals surface area contributed by atoms with Gasteiger partial charge in [0, 0.05) is 24.8 Å². The van der Waals surface area contributed by atoms with Gasteiger partial charge in [-0.3, -0.25) is 9.13 Å². The van der Waals surface area contributed by atoms with E-state index in [9.17, 15) is 4.79 Å². The molecule has 0 spiro atoms. The number of imidazole rings is 1. The maximum absolute atomic E-state index is 13.0. The molecule has 3 aromatic rings. The van der Waals surface area contributed by atoms with E-state index in [-0.39, 0.29) is 18.5 Å². The van der Waals surface area contributed by atoms with Crippen LogP contribution in [-0.2, 0) is 7.05 Å². The van der Waals surface area contributed by atoms with Crippen LogP contribution in [0.4, 0.5) is 11.6 Å². The first-order valence-electron chi connectivity index (χ1n) is 10.7. The van der Waals surface area contributed by atoms with Crippen LogP contribution in [0.3, 0.4) is 0 Å². The van der Waals surface area contributed by atoms with Gasteiger partial charge in [0.15, 0.2) is 17.1 Å². The molecule has 5 rings (SSSR count). The number of rotatable bonds is 4. The van der Waals surface area contributed by atoms with Gasteiger partial charge >= 0.3 is 5.69 Å². The third-order valence-electron chi connectivity index (χ3n) is 6.56. The largest absolute Gasteiger partial charge is 0.454 e. The summed E-state index contributed by atoms with van der Waals surface area (Å²) in [5.74, 6) is 2.68. The lowest BCUT2D eigenvalue weighted by molar-refractivity contribution is 0.174. The number of fused-ring (bicyclic) bond motifs is 2. The van der Waals surface area contributed by atoms with Crippen molar-refractivity contribution in [1.82, 2.24) is 19.1 Å². The van der Waals surface area contributed by atoms with Crippen LogP contribution >= 0.6 is 0 Å². The smallest absolute Gasteiger partial charge is 0.330 e. The summed E-state index contributed by atoms with van der Waals surface area (Å²) >= 11 is 0. The van der Waals surface area contributed by atoms with Gasteiger partial charge in [-0.2, -0.15) is 4.98 Å². The lowest BCUT2D eigenvalue weighted by Crippen LogP contribution is -2.29. The minimum atomic E-state index is -0.0179. The second-order valence-electron chi connectivity index (χ2n) is 8.34. The van der Waals surface area contributed by atoms with Crippen LogP contribution < -0.4 is 20.5 Å². The molecule has 1 fully saturated rings. The molecule has 1 saturated carbocycles. The third kappa shape index (κ3) is 3.11. The molecule has 1 aliphatic carbocycles. The summed E-state index contributed by atoms with van der Waals surface area (Å²) in [4.78, 5) is 22.2. The molecule has 8 nitrogen and oxygen atoms in total. The number of benzene rings is 1. The molecule has 0 radical (unpaired) electrons. The Morgan fingerprint density at radius 2 is 1.90 bits per heavy atom. The van der Waals surface area contributed by atoms with E-state index < -0.39 is 0 Å². The van der Waals surface area contributed by atoms with Crippen molar-refractivity contribution in [3.63, 3.8) is 0 Å². The molecule has 1 aromatic carbocycles. The number of aryl methyl sites for hydroxylation is 2. The van der Waals surface area contributed by atoms with Crippen molar-refractivity contribution in [3.8, 4) is 11.5 Å². The standard InChI is InChI=1S/C22H27N5O3/c1-4-14-5-7-15(8-6-14)27-20-17(26(3)22(27)28)11-23-21(25-20)24-16-10-19-18(9-13(16)2)29-12-30-19/h9-11,14-15H,4-8,12H2,1-3H3,(H,23,24,25). The summed E-state index contributed by atoms with van der Waals surface area (Å²) in [6.45, 7) is 4.48. The first kappa shape index (κ1) is 19.0. The topological polar surface area (TPSA) is 83.2 Å². The minimum absolute atomic E-state index is 0.0179. The zero-order valence-electron chi connectivity index (χ0n) is 17.6. The molecule has 1 aliphatic heterocycles. The number of aromatic nitrogens is 4. The predicted octanol–water partition coefficient (Wildman–Crippen LogP) is 4.05. The summed E-state index contributed by atoms with van der Waals surface area (Å²) in [6, 6.07) is 4.03. The quantitative estimate of drug-likeness (QED) is 0.700.